The average molecular weight is 331 g/mol. The van der Waals surface area contributed by atoms with E-state index in [1.165, 1.54) is 0 Å². The van der Waals surface area contributed by atoms with Gasteiger partial charge in [-0.1, -0.05) is 29.8 Å². The first kappa shape index (κ1) is 15.4. The van der Waals surface area contributed by atoms with Crippen LogP contribution in [0.5, 0.6) is 5.75 Å². The van der Waals surface area contributed by atoms with Crippen LogP contribution >= 0.6 is 11.6 Å². The molecule has 2 aromatic carbocycles. The standard InChI is InChI=1S/C17H15ClN2O3/c1-10-17(22)20-14-9-12(6-7-15(14)23-10)19-16(21)8-11-4-2-3-5-13(11)18/h2-7,9-10H,8H2,1H3,(H,19,21)(H,20,22). The first-order chi connectivity index (χ1) is 11.0. The van der Waals surface area contributed by atoms with Gasteiger partial charge in [-0.3, -0.25) is 9.59 Å². The molecule has 0 saturated carbocycles. The number of hydrogen-bond acceptors (Lipinski definition) is 3. The Balaban J connectivity index is 1.71. The SMILES string of the molecule is CC1Oc2ccc(NC(=O)Cc3ccccc3Cl)cc2NC1=O. The Morgan fingerprint density at radius 2 is 2.09 bits per heavy atom. The minimum atomic E-state index is -0.525. The van der Waals surface area contributed by atoms with Gasteiger partial charge in [0.25, 0.3) is 5.91 Å². The maximum Gasteiger partial charge on any atom is 0.265 e. The summed E-state index contributed by atoms with van der Waals surface area (Å²) in [7, 11) is 0. The van der Waals surface area contributed by atoms with Crippen molar-refractivity contribution in [2.75, 3.05) is 10.6 Å². The third kappa shape index (κ3) is 3.46. The molecule has 0 radical (unpaired) electrons. The van der Waals surface area contributed by atoms with Gasteiger partial charge < -0.3 is 15.4 Å². The Kier molecular flexibility index (Phi) is 4.21. The van der Waals surface area contributed by atoms with E-state index in [2.05, 4.69) is 10.6 Å². The van der Waals surface area contributed by atoms with Gasteiger partial charge in [-0.2, -0.15) is 0 Å². The van der Waals surface area contributed by atoms with E-state index >= 15 is 0 Å². The fourth-order valence-electron chi connectivity index (χ4n) is 2.31. The van der Waals surface area contributed by atoms with Gasteiger partial charge in [0.15, 0.2) is 6.10 Å². The smallest absolute Gasteiger partial charge is 0.265 e. The quantitative estimate of drug-likeness (QED) is 0.907. The maximum atomic E-state index is 12.1. The first-order valence-corrected chi connectivity index (χ1v) is 7.55. The Hall–Kier alpha value is -2.53. The number of carbonyl (C=O) groups is 2. The van der Waals surface area contributed by atoms with Gasteiger partial charge in [-0.05, 0) is 36.8 Å². The summed E-state index contributed by atoms with van der Waals surface area (Å²) in [6.45, 7) is 1.68. The van der Waals surface area contributed by atoms with E-state index in [4.69, 9.17) is 16.3 Å². The van der Waals surface area contributed by atoms with Crippen molar-refractivity contribution in [3.05, 3.63) is 53.1 Å². The number of fused-ring (bicyclic) bond motifs is 1. The molecule has 0 fully saturated rings. The highest BCUT2D eigenvalue weighted by Crippen LogP contribution is 2.32. The first-order valence-electron chi connectivity index (χ1n) is 7.18. The number of rotatable bonds is 3. The van der Waals surface area contributed by atoms with Crippen LogP contribution in [0.4, 0.5) is 11.4 Å². The van der Waals surface area contributed by atoms with Gasteiger partial charge in [-0.25, -0.2) is 0 Å². The normalized spacial score (nSPS) is 16.1. The summed E-state index contributed by atoms with van der Waals surface area (Å²) in [6.07, 6.45) is -0.348. The van der Waals surface area contributed by atoms with Crippen LogP contribution in [0.3, 0.4) is 0 Å². The maximum absolute atomic E-state index is 12.1. The summed E-state index contributed by atoms with van der Waals surface area (Å²) in [6, 6.07) is 12.3. The van der Waals surface area contributed by atoms with Crippen LogP contribution in [0.15, 0.2) is 42.5 Å². The molecule has 1 heterocycles. The highest BCUT2D eigenvalue weighted by molar-refractivity contribution is 6.31. The molecule has 1 unspecified atom stereocenters. The molecule has 6 heteroatoms. The zero-order valence-electron chi connectivity index (χ0n) is 12.4. The molecule has 2 aromatic rings. The second-order valence-corrected chi connectivity index (χ2v) is 5.68. The molecule has 5 nitrogen and oxygen atoms in total. The van der Waals surface area contributed by atoms with E-state index in [0.717, 1.165) is 5.56 Å². The third-order valence-electron chi connectivity index (χ3n) is 3.50. The summed E-state index contributed by atoms with van der Waals surface area (Å²) in [5.74, 6) is 0.188. The lowest BCUT2D eigenvalue weighted by Crippen LogP contribution is -2.34. The lowest BCUT2D eigenvalue weighted by atomic mass is 10.1. The number of halogens is 1. The van der Waals surface area contributed by atoms with Crippen molar-refractivity contribution in [3.8, 4) is 5.75 Å². The summed E-state index contributed by atoms with van der Waals surface area (Å²) in [5.41, 5.74) is 1.89. The zero-order chi connectivity index (χ0) is 16.4. The molecule has 2 amide bonds. The Bertz CT molecular complexity index is 776. The Morgan fingerprint density at radius 3 is 2.87 bits per heavy atom. The highest BCUT2D eigenvalue weighted by Gasteiger charge is 2.23. The van der Waals surface area contributed by atoms with Gasteiger partial charge in [0.05, 0.1) is 12.1 Å². The van der Waals surface area contributed by atoms with Gasteiger partial charge in [0, 0.05) is 10.7 Å². The van der Waals surface area contributed by atoms with Crippen LogP contribution in [-0.4, -0.2) is 17.9 Å². The lowest BCUT2D eigenvalue weighted by molar-refractivity contribution is -0.122. The number of hydrogen-bond donors (Lipinski definition) is 2. The number of nitrogens with one attached hydrogen (secondary N) is 2. The molecular formula is C17H15ClN2O3. The molecule has 0 aliphatic carbocycles. The molecule has 0 bridgehead atoms. The van der Waals surface area contributed by atoms with E-state index in [1.807, 2.05) is 18.2 Å². The van der Waals surface area contributed by atoms with E-state index < -0.39 is 6.10 Å². The van der Waals surface area contributed by atoms with Gasteiger partial charge in [0.1, 0.15) is 5.75 Å². The van der Waals surface area contributed by atoms with E-state index in [1.54, 1.807) is 31.2 Å². The second kappa shape index (κ2) is 6.30. The molecule has 0 aromatic heterocycles. The summed E-state index contributed by atoms with van der Waals surface area (Å²) >= 11 is 6.05. The molecule has 0 spiro atoms. The Morgan fingerprint density at radius 1 is 1.30 bits per heavy atom. The summed E-state index contributed by atoms with van der Waals surface area (Å²) in [4.78, 5) is 23.8. The average Bonchev–Trinajstić information content (AvgIpc) is 2.51. The molecule has 2 N–H and O–H groups in total. The van der Waals surface area contributed by atoms with Crippen LogP contribution in [-0.2, 0) is 16.0 Å². The largest absolute Gasteiger partial charge is 0.479 e. The molecular weight excluding hydrogens is 316 g/mol. The van der Waals surface area contributed by atoms with Crippen LogP contribution in [0.1, 0.15) is 12.5 Å². The van der Waals surface area contributed by atoms with Gasteiger partial charge in [-0.15, -0.1) is 0 Å². The lowest BCUT2D eigenvalue weighted by Gasteiger charge is -2.23. The predicted molar refractivity (Wildman–Crippen MR) is 88.9 cm³/mol. The van der Waals surface area contributed by atoms with Crippen molar-refractivity contribution < 1.29 is 14.3 Å². The highest BCUT2D eigenvalue weighted by atomic mass is 35.5. The van der Waals surface area contributed by atoms with Crippen molar-refractivity contribution in [2.45, 2.75) is 19.4 Å². The van der Waals surface area contributed by atoms with E-state index in [9.17, 15) is 9.59 Å². The fourth-order valence-corrected chi connectivity index (χ4v) is 2.51. The predicted octanol–water partition coefficient (Wildman–Crippen LogP) is 3.24. The van der Waals surface area contributed by atoms with Crippen molar-refractivity contribution in [1.29, 1.82) is 0 Å². The minimum absolute atomic E-state index is 0.177. The van der Waals surface area contributed by atoms with Crippen molar-refractivity contribution in [2.24, 2.45) is 0 Å². The molecule has 23 heavy (non-hydrogen) atoms. The molecule has 118 valence electrons. The van der Waals surface area contributed by atoms with E-state index in [-0.39, 0.29) is 18.2 Å². The third-order valence-corrected chi connectivity index (χ3v) is 3.87. The number of benzene rings is 2. The number of amides is 2. The van der Waals surface area contributed by atoms with Crippen LogP contribution in [0.25, 0.3) is 0 Å². The van der Waals surface area contributed by atoms with E-state index in [0.29, 0.717) is 22.1 Å². The number of anilines is 2. The van der Waals surface area contributed by atoms with Crippen LogP contribution in [0, 0.1) is 0 Å². The zero-order valence-corrected chi connectivity index (χ0v) is 13.2. The van der Waals surface area contributed by atoms with Crippen molar-refractivity contribution >= 4 is 34.8 Å². The minimum Gasteiger partial charge on any atom is -0.479 e. The molecule has 1 aliphatic heterocycles. The van der Waals surface area contributed by atoms with Crippen LogP contribution in [0.2, 0.25) is 5.02 Å². The number of ether oxygens (including phenoxy) is 1. The van der Waals surface area contributed by atoms with Crippen molar-refractivity contribution in [1.82, 2.24) is 0 Å². The molecule has 1 aliphatic rings. The molecule has 3 rings (SSSR count). The van der Waals surface area contributed by atoms with Crippen molar-refractivity contribution in [3.63, 3.8) is 0 Å². The topological polar surface area (TPSA) is 67.4 Å². The molecule has 1 atom stereocenters. The summed E-state index contributed by atoms with van der Waals surface area (Å²) in [5, 5.41) is 6.09. The fraction of sp³-hybridized carbons (Fsp3) is 0.176. The summed E-state index contributed by atoms with van der Waals surface area (Å²) < 4.78 is 5.47. The molecule has 0 saturated heterocycles. The second-order valence-electron chi connectivity index (χ2n) is 5.28. The number of carbonyl (C=O) groups excluding carboxylic acids is 2. The Labute approximate surface area is 138 Å². The van der Waals surface area contributed by atoms with Gasteiger partial charge in [0.2, 0.25) is 5.91 Å². The monoisotopic (exact) mass is 330 g/mol. The van der Waals surface area contributed by atoms with Gasteiger partial charge >= 0.3 is 0 Å². The van der Waals surface area contributed by atoms with Crippen LogP contribution < -0.4 is 15.4 Å².